The molecular weight excluding hydrogens is 174 g/mol. The molecule has 2 nitrogen and oxygen atoms in total. The van der Waals surface area contributed by atoms with Crippen LogP contribution in [0.3, 0.4) is 0 Å². The summed E-state index contributed by atoms with van der Waals surface area (Å²) in [5, 5.41) is 0. The molecule has 1 heterocycles. The molecule has 2 fully saturated rings. The van der Waals surface area contributed by atoms with Crippen LogP contribution in [0.15, 0.2) is 12.7 Å². The number of amides is 1. The van der Waals surface area contributed by atoms with E-state index in [9.17, 15) is 4.79 Å². The summed E-state index contributed by atoms with van der Waals surface area (Å²) in [7, 11) is 0. The molecule has 2 heteroatoms. The molecule has 0 radical (unpaired) electrons. The zero-order valence-corrected chi connectivity index (χ0v) is 8.80. The first-order valence-electron chi connectivity index (χ1n) is 5.69. The van der Waals surface area contributed by atoms with Gasteiger partial charge >= 0.3 is 0 Å². The Labute approximate surface area is 86.0 Å². The van der Waals surface area contributed by atoms with Crippen LogP contribution in [-0.2, 0) is 4.79 Å². The van der Waals surface area contributed by atoms with Crippen molar-refractivity contribution in [2.24, 2.45) is 5.41 Å². The SMILES string of the molecule is C=CCN1CCC2(CCCCC2)C1=O. The van der Waals surface area contributed by atoms with E-state index in [-0.39, 0.29) is 5.41 Å². The fourth-order valence-corrected chi connectivity index (χ4v) is 2.92. The third-order valence-electron chi connectivity index (χ3n) is 3.76. The quantitative estimate of drug-likeness (QED) is 0.616. The van der Waals surface area contributed by atoms with E-state index in [0.29, 0.717) is 5.91 Å². The summed E-state index contributed by atoms with van der Waals surface area (Å²) in [6.45, 7) is 5.38. The Morgan fingerprint density at radius 2 is 2.00 bits per heavy atom. The summed E-state index contributed by atoms with van der Waals surface area (Å²) in [6, 6.07) is 0. The summed E-state index contributed by atoms with van der Waals surface area (Å²) in [5.41, 5.74) is 0.0429. The largest absolute Gasteiger partial charge is 0.338 e. The molecule has 0 aromatic rings. The second-order valence-corrected chi connectivity index (χ2v) is 4.63. The molecule has 1 aliphatic heterocycles. The van der Waals surface area contributed by atoms with Crippen LogP contribution in [0.1, 0.15) is 38.5 Å². The number of carbonyl (C=O) groups excluding carboxylic acids is 1. The minimum Gasteiger partial charge on any atom is -0.338 e. The monoisotopic (exact) mass is 193 g/mol. The molecule has 1 saturated heterocycles. The van der Waals surface area contributed by atoms with Gasteiger partial charge in [-0.05, 0) is 19.3 Å². The first-order valence-corrected chi connectivity index (χ1v) is 5.69. The van der Waals surface area contributed by atoms with Gasteiger partial charge in [-0.15, -0.1) is 6.58 Å². The summed E-state index contributed by atoms with van der Waals surface area (Å²) in [4.78, 5) is 14.1. The minimum atomic E-state index is 0.0429. The first kappa shape index (κ1) is 9.75. The molecule has 0 aromatic heterocycles. The predicted octanol–water partition coefficient (Wildman–Crippen LogP) is 2.36. The third kappa shape index (κ3) is 1.47. The topological polar surface area (TPSA) is 20.3 Å². The number of nitrogens with zero attached hydrogens (tertiary/aromatic N) is 1. The van der Waals surface area contributed by atoms with Crippen molar-refractivity contribution in [3.8, 4) is 0 Å². The maximum Gasteiger partial charge on any atom is 0.229 e. The van der Waals surface area contributed by atoms with E-state index >= 15 is 0 Å². The smallest absolute Gasteiger partial charge is 0.229 e. The van der Waals surface area contributed by atoms with Gasteiger partial charge in [-0.25, -0.2) is 0 Å². The highest BCUT2D eigenvalue weighted by atomic mass is 16.2. The van der Waals surface area contributed by atoms with E-state index < -0.39 is 0 Å². The molecule has 1 aliphatic carbocycles. The maximum absolute atomic E-state index is 12.2. The first-order chi connectivity index (χ1) is 6.78. The lowest BCUT2D eigenvalue weighted by atomic mass is 9.73. The average Bonchev–Trinajstić information content (AvgIpc) is 2.50. The minimum absolute atomic E-state index is 0.0429. The fourth-order valence-electron chi connectivity index (χ4n) is 2.92. The number of carbonyl (C=O) groups is 1. The highest BCUT2D eigenvalue weighted by Crippen LogP contribution is 2.44. The molecular formula is C12H19NO. The zero-order chi connectivity index (χ0) is 10.0. The second kappa shape index (κ2) is 3.76. The van der Waals surface area contributed by atoms with Crippen molar-refractivity contribution in [1.82, 2.24) is 4.90 Å². The van der Waals surface area contributed by atoms with Crippen LogP contribution < -0.4 is 0 Å². The van der Waals surface area contributed by atoms with Crippen molar-refractivity contribution in [2.75, 3.05) is 13.1 Å². The van der Waals surface area contributed by atoms with Gasteiger partial charge in [0.05, 0.1) is 5.41 Å². The fraction of sp³-hybridized carbons (Fsp3) is 0.750. The molecule has 0 atom stereocenters. The normalized spacial score (nSPS) is 25.7. The Bertz CT molecular complexity index is 241. The number of hydrogen-bond donors (Lipinski definition) is 0. The number of hydrogen-bond acceptors (Lipinski definition) is 1. The Morgan fingerprint density at radius 1 is 1.29 bits per heavy atom. The van der Waals surface area contributed by atoms with Crippen molar-refractivity contribution >= 4 is 5.91 Å². The summed E-state index contributed by atoms with van der Waals surface area (Å²) >= 11 is 0. The molecule has 78 valence electrons. The van der Waals surface area contributed by atoms with Crippen LogP contribution in [0.2, 0.25) is 0 Å². The van der Waals surface area contributed by atoms with E-state index in [1.54, 1.807) is 0 Å². The standard InChI is InChI=1S/C12H19NO/c1-2-9-13-10-8-12(11(13)14)6-4-3-5-7-12/h2H,1,3-10H2. The summed E-state index contributed by atoms with van der Waals surface area (Å²) in [5.74, 6) is 0.400. The lowest BCUT2D eigenvalue weighted by molar-refractivity contribution is -0.137. The van der Waals surface area contributed by atoms with Crippen LogP contribution in [0.4, 0.5) is 0 Å². The van der Waals surface area contributed by atoms with E-state index in [4.69, 9.17) is 0 Å². The van der Waals surface area contributed by atoms with Crippen LogP contribution in [0.5, 0.6) is 0 Å². The summed E-state index contributed by atoms with van der Waals surface area (Å²) < 4.78 is 0. The Morgan fingerprint density at radius 3 is 2.64 bits per heavy atom. The molecule has 1 spiro atoms. The van der Waals surface area contributed by atoms with Crippen LogP contribution in [0, 0.1) is 5.41 Å². The van der Waals surface area contributed by atoms with Crippen LogP contribution in [-0.4, -0.2) is 23.9 Å². The van der Waals surface area contributed by atoms with Gasteiger partial charge in [-0.2, -0.15) is 0 Å². The van der Waals surface area contributed by atoms with Gasteiger partial charge in [0.25, 0.3) is 0 Å². The third-order valence-corrected chi connectivity index (χ3v) is 3.76. The molecule has 2 aliphatic rings. The van der Waals surface area contributed by atoms with E-state index in [2.05, 4.69) is 6.58 Å². The van der Waals surface area contributed by atoms with Crippen molar-refractivity contribution in [2.45, 2.75) is 38.5 Å². The van der Waals surface area contributed by atoms with Crippen molar-refractivity contribution in [1.29, 1.82) is 0 Å². The number of likely N-dealkylation sites (tertiary alicyclic amines) is 1. The van der Waals surface area contributed by atoms with Gasteiger partial charge in [0.1, 0.15) is 0 Å². The van der Waals surface area contributed by atoms with Gasteiger partial charge in [0.15, 0.2) is 0 Å². The van der Waals surface area contributed by atoms with Crippen molar-refractivity contribution < 1.29 is 4.79 Å². The predicted molar refractivity (Wildman–Crippen MR) is 56.9 cm³/mol. The highest BCUT2D eigenvalue weighted by Gasteiger charge is 2.46. The second-order valence-electron chi connectivity index (χ2n) is 4.63. The average molecular weight is 193 g/mol. The molecule has 1 amide bonds. The number of rotatable bonds is 2. The van der Waals surface area contributed by atoms with E-state index in [1.807, 2.05) is 11.0 Å². The molecule has 0 aromatic carbocycles. The maximum atomic E-state index is 12.2. The van der Waals surface area contributed by atoms with Crippen molar-refractivity contribution in [3.05, 3.63) is 12.7 Å². The highest BCUT2D eigenvalue weighted by molar-refractivity contribution is 5.85. The molecule has 2 rings (SSSR count). The molecule has 14 heavy (non-hydrogen) atoms. The lowest BCUT2D eigenvalue weighted by Gasteiger charge is -2.31. The van der Waals surface area contributed by atoms with Gasteiger partial charge in [0, 0.05) is 13.1 Å². The van der Waals surface area contributed by atoms with E-state index in [1.165, 1.54) is 19.3 Å². The zero-order valence-electron chi connectivity index (χ0n) is 8.80. The molecule has 1 saturated carbocycles. The summed E-state index contributed by atoms with van der Waals surface area (Å²) in [6.07, 6.45) is 8.97. The van der Waals surface area contributed by atoms with Gasteiger partial charge in [0.2, 0.25) is 5.91 Å². The molecule has 0 unspecified atom stereocenters. The van der Waals surface area contributed by atoms with Gasteiger partial charge in [-0.3, -0.25) is 4.79 Å². The van der Waals surface area contributed by atoms with Gasteiger partial charge in [-0.1, -0.05) is 25.3 Å². The van der Waals surface area contributed by atoms with Crippen LogP contribution in [0.25, 0.3) is 0 Å². The Hall–Kier alpha value is -0.790. The lowest BCUT2D eigenvalue weighted by Crippen LogP contribution is -2.36. The Kier molecular flexibility index (Phi) is 2.62. The molecule has 0 N–H and O–H groups in total. The van der Waals surface area contributed by atoms with Gasteiger partial charge < -0.3 is 4.90 Å². The van der Waals surface area contributed by atoms with E-state index in [0.717, 1.165) is 32.4 Å². The van der Waals surface area contributed by atoms with Crippen LogP contribution >= 0.6 is 0 Å². The van der Waals surface area contributed by atoms with Crippen molar-refractivity contribution in [3.63, 3.8) is 0 Å². The molecule has 0 bridgehead atoms. The Balaban J connectivity index is 2.07.